The largest absolute Gasteiger partial charge is 0.350 e. The van der Waals surface area contributed by atoms with Crippen LogP contribution in [0.25, 0.3) is 0 Å². The summed E-state index contributed by atoms with van der Waals surface area (Å²) in [6.45, 7) is 6.67. The van der Waals surface area contributed by atoms with Crippen molar-refractivity contribution in [1.82, 2.24) is 5.32 Å². The van der Waals surface area contributed by atoms with Gasteiger partial charge in [-0.25, -0.2) is 4.39 Å². The lowest BCUT2D eigenvalue weighted by atomic mass is 9.94. The summed E-state index contributed by atoms with van der Waals surface area (Å²) in [5.74, 6) is 0.478. The molecule has 0 saturated carbocycles. The van der Waals surface area contributed by atoms with Gasteiger partial charge in [-0.05, 0) is 49.4 Å². The van der Waals surface area contributed by atoms with Crippen molar-refractivity contribution in [2.24, 2.45) is 17.6 Å². The summed E-state index contributed by atoms with van der Waals surface area (Å²) in [7, 11) is 0. The Kier molecular flexibility index (Phi) is 6.65. The number of rotatable bonds is 7. The van der Waals surface area contributed by atoms with Gasteiger partial charge < -0.3 is 11.1 Å². The molecule has 0 fully saturated rings. The molecule has 1 amide bonds. The Morgan fingerprint density at radius 2 is 1.85 bits per heavy atom. The second kappa shape index (κ2) is 8.00. The van der Waals surface area contributed by atoms with Crippen LogP contribution in [0.3, 0.4) is 0 Å². The van der Waals surface area contributed by atoms with Crippen molar-refractivity contribution in [1.29, 1.82) is 0 Å². The molecule has 3 nitrogen and oxygen atoms in total. The highest BCUT2D eigenvalue weighted by Crippen LogP contribution is 2.16. The van der Waals surface area contributed by atoms with Crippen molar-refractivity contribution in [2.45, 2.75) is 39.7 Å². The lowest BCUT2D eigenvalue weighted by Crippen LogP contribution is -2.30. The minimum atomic E-state index is -0.271. The fraction of sp³-hybridized carbons (Fsp3) is 0.562. The van der Waals surface area contributed by atoms with Gasteiger partial charge in [0.05, 0.1) is 6.04 Å². The molecule has 0 bridgehead atoms. The third-order valence-electron chi connectivity index (χ3n) is 3.36. The first-order chi connectivity index (χ1) is 9.42. The maximum atomic E-state index is 12.9. The molecule has 112 valence electrons. The van der Waals surface area contributed by atoms with Crippen LogP contribution < -0.4 is 11.1 Å². The highest BCUT2D eigenvalue weighted by Gasteiger charge is 2.16. The van der Waals surface area contributed by atoms with E-state index in [9.17, 15) is 9.18 Å². The van der Waals surface area contributed by atoms with Gasteiger partial charge >= 0.3 is 0 Å². The lowest BCUT2D eigenvalue weighted by Gasteiger charge is -2.19. The van der Waals surface area contributed by atoms with Crippen LogP contribution in [0.15, 0.2) is 24.3 Å². The molecular weight excluding hydrogens is 255 g/mol. The first-order valence-electron chi connectivity index (χ1n) is 7.17. The number of carbonyl (C=O) groups excluding carboxylic acids is 1. The number of carbonyl (C=O) groups is 1. The van der Waals surface area contributed by atoms with Crippen molar-refractivity contribution in [3.63, 3.8) is 0 Å². The van der Waals surface area contributed by atoms with E-state index in [2.05, 4.69) is 19.2 Å². The summed E-state index contributed by atoms with van der Waals surface area (Å²) in [6, 6.07) is 6.06. The average Bonchev–Trinajstić information content (AvgIpc) is 2.37. The average molecular weight is 280 g/mol. The number of benzene rings is 1. The smallest absolute Gasteiger partial charge is 0.220 e. The lowest BCUT2D eigenvalue weighted by molar-refractivity contribution is -0.122. The summed E-state index contributed by atoms with van der Waals surface area (Å²) < 4.78 is 12.9. The van der Waals surface area contributed by atoms with Gasteiger partial charge in [0.1, 0.15) is 5.82 Å². The normalized spacial score (nSPS) is 14.1. The molecule has 3 N–H and O–H groups in total. The first kappa shape index (κ1) is 16.6. The molecule has 0 unspecified atom stereocenters. The second-order valence-electron chi connectivity index (χ2n) is 5.78. The van der Waals surface area contributed by atoms with E-state index < -0.39 is 0 Å². The monoisotopic (exact) mass is 280 g/mol. The minimum Gasteiger partial charge on any atom is -0.350 e. The molecule has 0 aliphatic heterocycles. The highest BCUT2D eigenvalue weighted by atomic mass is 19.1. The topological polar surface area (TPSA) is 55.1 Å². The molecule has 2 atom stereocenters. The van der Waals surface area contributed by atoms with E-state index in [0.717, 1.165) is 12.0 Å². The number of nitrogens with one attached hydrogen (secondary N) is 1. The summed E-state index contributed by atoms with van der Waals surface area (Å²) in [6.07, 6.45) is 1.40. The van der Waals surface area contributed by atoms with Crippen LogP contribution in [0.4, 0.5) is 4.39 Å². The third-order valence-corrected chi connectivity index (χ3v) is 3.36. The summed E-state index contributed by atoms with van der Waals surface area (Å²) in [4.78, 5) is 12.0. The molecule has 1 aromatic carbocycles. The quantitative estimate of drug-likeness (QED) is 0.806. The van der Waals surface area contributed by atoms with Crippen molar-refractivity contribution in [3.8, 4) is 0 Å². The van der Waals surface area contributed by atoms with Gasteiger partial charge in [0.2, 0.25) is 5.91 Å². The Labute approximate surface area is 120 Å². The fourth-order valence-electron chi connectivity index (χ4n) is 2.33. The molecular formula is C16H25FN2O. The van der Waals surface area contributed by atoms with E-state index in [-0.39, 0.29) is 23.7 Å². The molecule has 0 heterocycles. The molecule has 1 rings (SSSR count). The molecule has 0 radical (unpaired) electrons. The zero-order chi connectivity index (χ0) is 15.1. The number of nitrogens with two attached hydrogens (primary N) is 1. The molecule has 0 spiro atoms. The zero-order valence-electron chi connectivity index (χ0n) is 12.5. The van der Waals surface area contributed by atoms with Crippen LogP contribution in [0.2, 0.25) is 0 Å². The van der Waals surface area contributed by atoms with E-state index in [4.69, 9.17) is 5.73 Å². The van der Waals surface area contributed by atoms with Gasteiger partial charge in [-0.2, -0.15) is 0 Å². The van der Waals surface area contributed by atoms with Gasteiger partial charge in [-0.3, -0.25) is 4.79 Å². The van der Waals surface area contributed by atoms with Crippen LogP contribution in [-0.4, -0.2) is 12.5 Å². The second-order valence-corrected chi connectivity index (χ2v) is 5.78. The maximum Gasteiger partial charge on any atom is 0.220 e. The van der Waals surface area contributed by atoms with Gasteiger partial charge in [0.25, 0.3) is 0 Å². The number of amides is 1. The number of hydrogen-bond donors (Lipinski definition) is 2. The van der Waals surface area contributed by atoms with E-state index in [1.54, 1.807) is 12.1 Å². The fourth-order valence-corrected chi connectivity index (χ4v) is 2.33. The molecule has 0 aliphatic rings. The minimum absolute atomic E-state index is 0.00192. The Morgan fingerprint density at radius 3 is 2.35 bits per heavy atom. The van der Waals surface area contributed by atoms with Crippen LogP contribution >= 0.6 is 0 Å². The van der Waals surface area contributed by atoms with Crippen LogP contribution in [0.1, 0.15) is 45.2 Å². The van der Waals surface area contributed by atoms with Gasteiger partial charge in [-0.1, -0.05) is 26.0 Å². The van der Waals surface area contributed by atoms with E-state index in [1.165, 1.54) is 12.1 Å². The predicted molar refractivity (Wildman–Crippen MR) is 79.6 cm³/mol. The molecule has 20 heavy (non-hydrogen) atoms. The highest BCUT2D eigenvalue weighted by molar-refractivity contribution is 5.76. The summed E-state index contributed by atoms with van der Waals surface area (Å²) in [5, 5.41) is 2.94. The SMILES string of the molecule is CC(C)C[C@H](CN)CC(=O)N[C@H](C)c1ccc(F)cc1. The third kappa shape index (κ3) is 5.70. The Morgan fingerprint density at radius 1 is 1.25 bits per heavy atom. The standard InChI is InChI=1S/C16H25FN2O/c1-11(2)8-13(10-18)9-16(20)19-12(3)14-4-6-15(17)7-5-14/h4-7,11-13H,8-10,18H2,1-3H3,(H,19,20)/t12-,13+/m1/s1. The summed E-state index contributed by atoms with van der Waals surface area (Å²) in [5.41, 5.74) is 6.60. The van der Waals surface area contributed by atoms with E-state index in [0.29, 0.717) is 18.9 Å². The number of halogens is 1. The Hall–Kier alpha value is -1.42. The van der Waals surface area contributed by atoms with Gasteiger partial charge in [-0.15, -0.1) is 0 Å². The first-order valence-corrected chi connectivity index (χ1v) is 7.17. The van der Waals surface area contributed by atoms with Crippen LogP contribution in [0, 0.1) is 17.7 Å². The molecule has 4 heteroatoms. The van der Waals surface area contributed by atoms with Crippen molar-refractivity contribution < 1.29 is 9.18 Å². The molecule has 0 aliphatic carbocycles. The van der Waals surface area contributed by atoms with Gasteiger partial charge in [0.15, 0.2) is 0 Å². The molecule has 0 aromatic heterocycles. The van der Waals surface area contributed by atoms with Crippen molar-refractivity contribution in [2.75, 3.05) is 6.54 Å². The predicted octanol–water partition coefficient (Wildman–Crippen LogP) is 3.01. The van der Waals surface area contributed by atoms with Gasteiger partial charge in [0, 0.05) is 6.42 Å². The Bertz CT molecular complexity index is 417. The molecule has 0 saturated heterocycles. The number of hydrogen-bond acceptors (Lipinski definition) is 2. The van der Waals surface area contributed by atoms with E-state index >= 15 is 0 Å². The Balaban J connectivity index is 2.50. The van der Waals surface area contributed by atoms with E-state index in [1.807, 2.05) is 6.92 Å². The molecule has 1 aromatic rings. The van der Waals surface area contributed by atoms with Crippen molar-refractivity contribution >= 4 is 5.91 Å². The van der Waals surface area contributed by atoms with Crippen molar-refractivity contribution in [3.05, 3.63) is 35.6 Å². The van der Waals surface area contributed by atoms with Crippen LogP contribution in [0.5, 0.6) is 0 Å². The maximum absolute atomic E-state index is 12.9. The summed E-state index contributed by atoms with van der Waals surface area (Å²) >= 11 is 0. The van der Waals surface area contributed by atoms with Crippen LogP contribution in [-0.2, 0) is 4.79 Å². The zero-order valence-corrected chi connectivity index (χ0v) is 12.5.